The molecule has 0 radical (unpaired) electrons. The molecule has 0 atom stereocenters. The molecule has 0 aliphatic carbocycles. The normalized spacial score (nSPS) is 16.8. The van der Waals surface area contributed by atoms with E-state index in [2.05, 4.69) is 19.9 Å². The van der Waals surface area contributed by atoms with Crippen LogP contribution < -0.4 is 0 Å². The number of unbranched alkanes of at least 4 members (excludes halogenated alkanes) is 1. The maximum Gasteiger partial charge on any atom is 0.216 e. The van der Waals surface area contributed by atoms with Gasteiger partial charge in [0, 0.05) is 30.1 Å². The molecular formula is C16H20N4O3S. The number of allylic oxidation sites excluding steroid dienone is 1. The molecular weight excluding hydrogens is 328 g/mol. The first-order chi connectivity index (χ1) is 11.6. The minimum atomic E-state index is -3.54. The van der Waals surface area contributed by atoms with Gasteiger partial charge in [0.25, 0.3) is 0 Å². The van der Waals surface area contributed by atoms with Crippen LogP contribution in [0.25, 0.3) is 10.9 Å². The van der Waals surface area contributed by atoms with Crippen molar-refractivity contribution in [1.82, 2.24) is 19.9 Å². The summed E-state index contributed by atoms with van der Waals surface area (Å²) in [6, 6.07) is 1.50. The van der Waals surface area contributed by atoms with Gasteiger partial charge in [-0.2, -0.15) is 0 Å². The van der Waals surface area contributed by atoms with E-state index in [-0.39, 0.29) is 5.03 Å². The number of morpholine rings is 1. The van der Waals surface area contributed by atoms with Crippen LogP contribution in [0.5, 0.6) is 0 Å². The van der Waals surface area contributed by atoms with Gasteiger partial charge in [0.15, 0.2) is 5.03 Å². The Labute approximate surface area is 141 Å². The zero-order valence-corrected chi connectivity index (χ0v) is 14.2. The number of aromatic nitrogens is 3. The van der Waals surface area contributed by atoms with Crippen molar-refractivity contribution < 1.29 is 13.2 Å². The van der Waals surface area contributed by atoms with Gasteiger partial charge < -0.3 is 4.74 Å². The molecule has 0 aromatic carbocycles. The van der Waals surface area contributed by atoms with E-state index in [0.717, 1.165) is 39.3 Å². The van der Waals surface area contributed by atoms with Gasteiger partial charge in [-0.25, -0.2) is 23.4 Å². The summed E-state index contributed by atoms with van der Waals surface area (Å²) >= 11 is 0. The van der Waals surface area contributed by atoms with Gasteiger partial charge in [-0.15, -0.1) is 0 Å². The third kappa shape index (κ3) is 4.34. The quantitative estimate of drug-likeness (QED) is 0.730. The van der Waals surface area contributed by atoms with E-state index in [0.29, 0.717) is 17.3 Å². The molecule has 0 saturated carbocycles. The van der Waals surface area contributed by atoms with Crippen LogP contribution in [0.2, 0.25) is 0 Å². The Bertz CT molecular complexity index is 817. The smallest absolute Gasteiger partial charge is 0.216 e. The molecule has 3 rings (SSSR count). The second kappa shape index (κ2) is 7.78. The lowest BCUT2D eigenvalue weighted by Crippen LogP contribution is -2.36. The number of pyridine rings is 1. The van der Waals surface area contributed by atoms with Crippen LogP contribution in [-0.4, -0.2) is 61.1 Å². The predicted octanol–water partition coefficient (Wildman–Crippen LogP) is 1.42. The van der Waals surface area contributed by atoms with E-state index in [1.165, 1.54) is 24.0 Å². The highest BCUT2D eigenvalue weighted by molar-refractivity contribution is 7.94. The molecule has 1 aliphatic rings. The van der Waals surface area contributed by atoms with Crippen LogP contribution in [0.4, 0.5) is 0 Å². The number of rotatable bonds is 6. The number of hydrogen-bond donors (Lipinski definition) is 0. The number of hydrogen-bond acceptors (Lipinski definition) is 7. The average Bonchev–Trinajstić information content (AvgIpc) is 2.62. The minimum Gasteiger partial charge on any atom is -0.379 e. The van der Waals surface area contributed by atoms with Gasteiger partial charge in [-0.1, -0.05) is 6.08 Å². The summed E-state index contributed by atoms with van der Waals surface area (Å²) in [5, 5.41) is 1.92. The van der Waals surface area contributed by atoms with Crippen LogP contribution in [-0.2, 0) is 14.6 Å². The number of fused-ring (bicyclic) bond motifs is 1. The van der Waals surface area contributed by atoms with Crippen LogP contribution >= 0.6 is 0 Å². The molecule has 2 aromatic rings. The Morgan fingerprint density at radius 3 is 2.88 bits per heavy atom. The monoisotopic (exact) mass is 348 g/mol. The molecule has 0 unspecified atom stereocenters. The van der Waals surface area contributed by atoms with Crippen LogP contribution in [0, 0.1) is 0 Å². The Morgan fingerprint density at radius 2 is 2.04 bits per heavy atom. The largest absolute Gasteiger partial charge is 0.379 e. The lowest BCUT2D eigenvalue weighted by Gasteiger charge is -2.26. The standard InChI is InChI=1S/C16H20N4O3S/c21-24(22,9-3-1-2-4-20-5-7-23-8-6-20)16-10-14-11-17-13-19-15(14)12-18-16/h3,9-13H,1-2,4-8H2. The van der Waals surface area contributed by atoms with Crippen molar-refractivity contribution in [3.05, 3.63) is 36.3 Å². The first-order valence-corrected chi connectivity index (χ1v) is 9.47. The second-order valence-electron chi connectivity index (χ2n) is 5.62. The molecule has 8 heteroatoms. The van der Waals surface area contributed by atoms with Crippen molar-refractivity contribution in [1.29, 1.82) is 0 Å². The molecule has 24 heavy (non-hydrogen) atoms. The van der Waals surface area contributed by atoms with E-state index in [1.807, 2.05) is 0 Å². The van der Waals surface area contributed by atoms with Gasteiger partial charge in [-0.3, -0.25) is 4.90 Å². The minimum absolute atomic E-state index is 0.0224. The summed E-state index contributed by atoms with van der Waals surface area (Å²) in [4.78, 5) is 14.3. The number of nitrogens with zero attached hydrogens (tertiary/aromatic N) is 4. The summed E-state index contributed by atoms with van der Waals surface area (Å²) < 4.78 is 29.9. The number of ether oxygens (including phenoxy) is 1. The first kappa shape index (κ1) is 16.9. The molecule has 0 spiro atoms. The first-order valence-electron chi connectivity index (χ1n) is 7.93. The van der Waals surface area contributed by atoms with Crippen LogP contribution in [0.1, 0.15) is 12.8 Å². The Hall–Kier alpha value is -1.90. The molecule has 7 nitrogen and oxygen atoms in total. The van der Waals surface area contributed by atoms with E-state index < -0.39 is 9.84 Å². The maximum atomic E-state index is 12.3. The Kier molecular flexibility index (Phi) is 5.49. The Morgan fingerprint density at radius 1 is 1.21 bits per heavy atom. The molecule has 2 aromatic heterocycles. The van der Waals surface area contributed by atoms with Crippen molar-refractivity contribution in [2.24, 2.45) is 0 Å². The van der Waals surface area contributed by atoms with Crippen molar-refractivity contribution in [2.75, 3.05) is 32.8 Å². The topological polar surface area (TPSA) is 85.3 Å². The van der Waals surface area contributed by atoms with Crippen LogP contribution in [0.3, 0.4) is 0 Å². The third-order valence-corrected chi connectivity index (χ3v) is 5.24. The van der Waals surface area contributed by atoms with Crippen molar-refractivity contribution >= 4 is 20.7 Å². The van der Waals surface area contributed by atoms with Crippen molar-refractivity contribution in [2.45, 2.75) is 17.9 Å². The van der Waals surface area contributed by atoms with Gasteiger partial charge >= 0.3 is 0 Å². The zero-order chi connectivity index (χ0) is 16.8. The van der Waals surface area contributed by atoms with Gasteiger partial charge in [0.05, 0.1) is 24.9 Å². The summed E-state index contributed by atoms with van der Waals surface area (Å²) in [5.74, 6) is 0. The molecule has 0 bridgehead atoms. The molecule has 1 aliphatic heterocycles. The Balaban J connectivity index is 1.57. The van der Waals surface area contributed by atoms with Gasteiger partial charge in [-0.05, 0) is 25.5 Å². The highest BCUT2D eigenvalue weighted by Gasteiger charge is 2.13. The van der Waals surface area contributed by atoms with E-state index in [4.69, 9.17) is 4.74 Å². The van der Waals surface area contributed by atoms with Crippen LogP contribution in [0.15, 0.2) is 41.3 Å². The fraction of sp³-hybridized carbons (Fsp3) is 0.438. The maximum absolute atomic E-state index is 12.3. The summed E-state index contributed by atoms with van der Waals surface area (Å²) in [5.41, 5.74) is 0.624. The number of sulfone groups is 1. The highest BCUT2D eigenvalue weighted by Crippen LogP contribution is 2.15. The fourth-order valence-corrected chi connectivity index (χ4v) is 3.56. The summed E-state index contributed by atoms with van der Waals surface area (Å²) in [6.45, 7) is 4.42. The molecule has 0 N–H and O–H groups in total. The molecule has 1 saturated heterocycles. The highest BCUT2D eigenvalue weighted by atomic mass is 32.2. The van der Waals surface area contributed by atoms with E-state index in [9.17, 15) is 8.42 Å². The summed E-state index contributed by atoms with van der Waals surface area (Å²) in [7, 11) is -3.54. The zero-order valence-electron chi connectivity index (χ0n) is 13.3. The molecule has 3 heterocycles. The lowest BCUT2D eigenvalue weighted by atomic mass is 10.3. The predicted molar refractivity (Wildman–Crippen MR) is 90.2 cm³/mol. The van der Waals surface area contributed by atoms with Gasteiger partial charge in [0.1, 0.15) is 6.33 Å². The second-order valence-corrected chi connectivity index (χ2v) is 7.40. The lowest BCUT2D eigenvalue weighted by molar-refractivity contribution is 0.0375. The molecule has 0 amide bonds. The fourth-order valence-electron chi connectivity index (χ4n) is 2.54. The third-order valence-electron chi connectivity index (χ3n) is 3.88. The van der Waals surface area contributed by atoms with Crippen molar-refractivity contribution in [3.63, 3.8) is 0 Å². The molecule has 1 fully saturated rings. The van der Waals surface area contributed by atoms with Crippen molar-refractivity contribution in [3.8, 4) is 0 Å². The van der Waals surface area contributed by atoms with Gasteiger partial charge in [0.2, 0.25) is 9.84 Å². The van der Waals surface area contributed by atoms with E-state index in [1.54, 1.807) is 12.3 Å². The molecule has 128 valence electrons. The van der Waals surface area contributed by atoms with E-state index >= 15 is 0 Å². The summed E-state index contributed by atoms with van der Waals surface area (Å²) in [6.07, 6.45) is 7.78. The average molecular weight is 348 g/mol. The SMILES string of the molecule is O=S(=O)(C=CCCCN1CCOCC1)c1cc2cncnc2cn1.